The molecule has 4 heterocycles. The summed E-state index contributed by atoms with van der Waals surface area (Å²) in [5.41, 5.74) is 5.74. The second kappa shape index (κ2) is 6.14. The van der Waals surface area contributed by atoms with Crippen molar-refractivity contribution < 1.29 is 4.74 Å². The maximum absolute atomic E-state index is 5.41. The molecule has 0 radical (unpaired) electrons. The Morgan fingerprint density at radius 1 is 1.31 bits per heavy atom. The molecule has 2 aliphatic rings. The van der Waals surface area contributed by atoms with Crippen molar-refractivity contribution in [3.8, 4) is 5.75 Å². The first-order valence-corrected chi connectivity index (χ1v) is 10.5. The molecule has 0 aliphatic carbocycles. The number of fused-ring (bicyclic) bond motifs is 6. The molecule has 2 aromatic heterocycles. The topological polar surface area (TPSA) is 28.3 Å². The molecular formula is C22H26N2OS. The molecule has 1 unspecified atom stereocenters. The second-order valence-electron chi connectivity index (χ2n) is 8.13. The third-order valence-electron chi connectivity index (χ3n) is 5.88. The van der Waals surface area contributed by atoms with Gasteiger partial charge in [-0.1, -0.05) is 13.8 Å². The Morgan fingerprint density at radius 2 is 2.19 bits per heavy atom. The molecule has 0 saturated heterocycles. The van der Waals surface area contributed by atoms with Crippen molar-refractivity contribution in [2.75, 3.05) is 13.7 Å². The first-order valence-electron chi connectivity index (χ1n) is 9.65. The first-order chi connectivity index (χ1) is 12.6. The minimum Gasteiger partial charge on any atom is -0.497 e. The number of aromatic amines is 1. The smallest absolute Gasteiger partial charge is 0.120 e. The molecule has 5 rings (SSSR count). The van der Waals surface area contributed by atoms with Crippen molar-refractivity contribution >= 4 is 22.2 Å². The highest BCUT2D eigenvalue weighted by molar-refractivity contribution is 7.12. The molecule has 26 heavy (non-hydrogen) atoms. The number of hydrogen-bond acceptors (Lipinski definition) is 3. The molecule has 1 aromatic carbocycles. The highest BCUT2D eigenvalue weighted by Gasteiger charge is 2.35. The Kier molecular flexibility index (Phi) is 3.87. The number of nitrogens with zero attached hydrogens (tertiary/aromatic N) is 1. The Hall–Kier alpha value is -1.78. The van der Waals surface area contributed by atoms with Crippen LogP contribution >= 0.6 is 11.3 Å². The number of nitrogens with one attached hydrogen (secondary N) is 1. The molecule has 0 saturated carbocycles. The minimum absolute atomic E-state index is 0.496. The molecule has 3 nitrogen and oxygen atoms in total. The molecule has 0 spiro atoms. The van der Waals surface area contributed by atoms with Crippen molar-refractivity contribution in [3.63, 3.8) is 0 Å². The number of rotatable bonds is 3. The van der Waals surface area contributed by atoms with Gasteiger partial charge in [-0.05, 0) is 48.1 Å². The van der Waals surface area contributed by atoms with E-state index in [4.69, 9.17) is 4.74 Å². The maximum Gasteiger partial charge on any atom is 0.120 e. The van der Waals surface area contributed by atoms with Crippen molar-refractivity contribution in [2.24, 2.45) is 5.92 Å². The van der Waals surface area contributed by atoms with Gasteiger partial charge in [0.05, 0.1) is 13.2 Å². The molecular weight excluding hydrogens is 340 g/mol. The zero-order valence-corrected chi connectivity index (χ0v) is 16.6. The summed E-state index contributed by atoms with van der Waals surface area (Å²) in [6.07, 6.45) is 3.49. The van der Waals surface area contributed by atoms with Gasteiger partial charge < -0.3 is 9.72 Å². The summed E-state index contributed by atoms with van der Waals surface area (Å²) in [5.74, 6) is 1.66. The Bertz CT molecular complexity index is 968. The summed E-state index contributed by atoms with van der Waals surface area (Å²) in [6.45, 7) is 6.89. The van der Waals surface area contributed by atoms with Crippen LogP contribution in [-0.4, -0.2) is 23.5 Å². The van der Waals surface area contributed by atoms with Gasteiger partial charge in [0.2, 0.25) is 0 Å². The summed E-state index contributed by atoms with van der Waals surface area (Å²) in [7, 11) is 1.74. The predicted octanol–water partition coefficient (Wildman–Crippen LogP) is 5.09. The van der Waals surface area contributed by atoms with E-state index in [1.54, 1.807) is 22.4 Å². The van der Waals surface area contributed by atoms with Gasteiger partial charge in [0, 0.05) is 51.9 Å². The third kappa shape index (κ3) is 2.58. The van der Waals surface area contributed by atoms with Gasteiger partial charge in [-0.25, -0.2) is 0 Å². The number of H-pyrrole nitrogens is 1. The number of aromatic nitrogens is 1. The van der Waals surface area contributed by atoms with Crippen LogP contribution in [0.4, 0.5) is 0 Å². The number of benzene rings is 1. The summed E-state index contributed by atoms with van der Waals surface area (Å²) in [6, 6.07) is 9.41. The Balaban J connectivity index is 1.52. The lowest BCUT2D eigenvalue weighted by Gasteiger charge is -2.39. The Morgan fingerprint density at radius 3 is 3.00 bits per heavy atom. The van der Waals surface area contributed by atoms with E-state index in [9.17, 15) is 0 Å². The molecule has 1 N–H and O–H groups in total. The fourth-order valence-electron chi connectivity index (χ4n) is 4.68. The zero-order chi connectivity index (χ0) is 17.8. The van der Waals surface area contributed by atoms with E-state index in [2.05, 4.69) is 48.0 Å². The molecule has 0 bridgehead atoms. The van der Waals surface area contributed by atoms with E-state index in [-0.39, 0.29) is 0 Å². The largest absolute Gasteiger partial charge is 0.497 e. The molecule has 136 valence electrons. The van der Waals surface area contributed by atoms with Crippen LogP contribution < -0.4 is 4.74 Å². The highest BCUT2D eigenvalue weighted by Crippen LogP contribution is 2.43. The third-order valence-corrected chi connectivity index (χ3v) is 7.10. The van der Waals surface area contributed by atoms with Crippen LogP contribution in [0.15, 0.2) is 24.3 Å². The van der Waals surface area contributed by atoms with E-state index in [1.165, 1.54) is 28.6 Å². The normalized spacial score (nSPS) is 19.5. The fraction of sp³-hybridized carbons (Fsp3) is 0.455. The summed E-state index contributed by atoms with van der Waals surface area (Å²) < 4.78 is 5.41. The van der Waals surface area contributed by atoms with Crippen molar-refractivity contribution in [1.29, 1.82) is 0 Å². The number of hydrogen-bond donors (Lipinski definition) is 1. The fourth-order valence-corrected chi connectivity index (χ4v) is 6.11. The van der Waals surface area contributed by atoms with Crippen molar-refractivity contribution in [2.45, 2.75) is 45.7 Å². The molecule has 3 aromatic rings. The lowest BCUT2D eigenvalue weighted by Crippen LogP contribution is -2.38. The molecule has 0 fully saturated rings. The number of ether oxygens (including phenoxy) is 1. The molecule has 4 heteroatoms. The van der Waals surface area contributed by atoms with Crippen LogP contribution in [0, 0.1) is 5.92 Å². The summed E-state index contributed by atoms with van der Waals surface area (Å²) in [5, 5.41) is 1.37. The van der Waals surface area contributed by atoms with E-state index in [1.807, 2.05) is 11.3 Å². The van der Waals surface area contributed by atoms with Crippen LogP contribution in [0.3, 0.4) is 0 Å². The predicted molar refractivity (Wildman–Crippen MR) is 108 cm³/mol. The van der Waals surface area contributed by atoms with Gasteiger partial charge >= 0.3 is 0 Å². The summed E-state index contributed by atoms with van der Waals surface area (Å²) in [4.78, 5) is 9.58. The van der Waals surface area contributed by atoms with Crippen LogP contribution in [0.1, 0.15) is 46.5 Å². The Labute approximate surface area is 159 Å². The van der Waals surface area contributed by atoms with E-state index >= 15 is 0 Å². The minimum atomic E-state index is 0.496. The standard InChI is InChI=1S/C22H26N2OS/c1-13(2)8-16-9-14-12-24-7-6-18-17-5-4-15(25-3)10-19(17)23-22(18)20(24)11-21(14)26-16/h4-5,9-10,13,20,23H,6-8,11-12H2,1-3H3. The quantitative estimate of drug-likeness (QED) is 0.699. The van der Waals surface area contributed by atoms with Crippen LogP contribution in [-0.2, 0) is 25.8 Å². The van der Waals surface area contributed by atoms with Gasteiger partial charge in [0.1, 0.15) is 5.75 Å². The lowest BCUT2D eigenvalue weighted by molar-refractivity contribution is 0.160. The second-order valence-corrected chi connectivity index (χ2v) is 9.35. The monoisotopic (exact) mass is 366 g/mol. The van der Waals surface area contributed by atoms with Crippen molar-refractivity contribution in [1.82, 2.24) is 9.88 Å². The molecule has 1 atom stereocenters. The lowest BCUT2D eigenvalue weighted by atomic mass is 9.91. The van der Waals surface area contributed by atoms with E-state index in [0.717, 1.165) is 37.6 Å². The van der Waals surface area contributed by atoms with Crippen LogP contribution in [0.25, 0.3) is 10.9 Å². The van der Waals surface area contributed by atoms with Gasteiger partial charge in [-0.3, -0.25) is 4.90 Å². The van der Waals surface area contributed by atoms with Crippen LogP contribution in [0.2, 0.25) is 0 Å². The maximum atomic E-state index is 5.41. The first kappa shape index (κ1) is 16.4. The molecule has 2 aliphatic heterocycles. The van der Waals surface area contributed by atoms with Gasteiger partial charge in [-0.2, -0.15) is 0 Å². The van der Waals surface area contributed by atoms with Crippen molar-refractivity contribution in [3.05, 3.63) is 50.8 Å². The average Bonchev–Trinajstić information content (AvgIpc) is 3.18. The van der Waals surface area contributed by atoms with Gasteiger partial charge in [0.25, 0.3) is 0 Å². The summed E-state index contributed by atoms with van der Waals surface area (Å²) >= 11 is 2.05. The average molecular weight is 367 g/mol. The van der Waals surface area contributed by atoms with E-state index in [0.29, 0.717) is 6.04 Å². The SMILES string of the molecule is COc1ccc2c3c([nH]c2c1)C1Cc2sc(CC(C)C)cc2CN1CC3. The van der Waals surface area contributed by atoms with Gasteiger partial charge in [-0.15, -0.1) is 11.3 Å². The van der Waals surface area contributed by atoms with Crippen LogP contribution in [0.5, 0.6) is 5.75 Å². The number of thiophene rings is 1. The molecule has 0 amide bonds. The zero-order valence-electron chi connectivity index (χ0n) is 15.8. The number of methoxy groups -OCH3 is 1. The highest BCUT2D eigenvalue weighted by atomic mass is 32.1. The van der Waals surface area contributed by atoms with Gasteiger partial charge in [0.15, 0.2) is 0 Å². The van der Waals surface area contributed by atoms with E-state index < -0.39 is 0 Å².